The van der Waals surface area contributed by atoms with Crippen molar-refractivity contribution in [3.05, 3.63) is 63.2 Å². The van der Waals surface area contributed by atoms with Crippen LogP contribution in [-0.2, 0) is 0 Å². The van der Waals surface area contributed by atoms with Gasteiger partial charge in [0.1, 0.15) is 10.9 Å². The maximum absolute atomic E-state index is 11.8. The van der Waals surface area contributed by atoms with Crippen LogP contribution < -0.4 is 0 Å². The Kier molecular flexibility index (Phi) is 5.82. The fourth-order valence-electron chi connectivity index (χ4n) is 2.50. The number of aromatic nitrogens is 2. The SMILES string of the molecule is CCSc1c(C(=O)O)nc(-c2ccc(Cl)cc2Cl)n1-c1ccc(Cl)cc1. The molecule has 1 aromatic heterocycles. The molecule has 8 heteroatoms. The van der Waals surface area contributed by atoms with E-state index in [1.165, 1.54) is 11.8 Å². The van der Waals surface area contributed by atoms with E-state index in [-0.39, 0.29) is 5.69 Å². The van der Waals surface area contributed by atoms with E-state index in [0.29, 0.717) is 37.2 Å². The Morgan fingerprint density at radius 2 is 1.77 bits per heavy atom. The van der Waals surface area contributed by atoms with Crippen LogP contribution in [-0.4, -0.2) is 26.4 Å². The van der Waals surface area contributed by atoms with Crippen molar-refractivity contribution in [3.8, 4) is 17.1 Å². The van der Waals surface area contributed by atoms with Crippen molar-refractivity contribution in [2.75, 3.05) is 5.75 Å². The first-order chi connectivity index (χ1) is 12.4. The van der Waals surface area contributed by atoms with Crippen molar-refractivity contribution < 1.29 is 9.90 Å². The van der Waals surface area contributed by atoms with Crippen LogP contribution in [0.25, 0.3) is 17.1 Å². The first-order valence-corrected chi connectivity index (χ1v) is 9.74. The summed E-state index contributed by atoms with van der Waals surface area (Å²) in [6.07, 6.45) is 0. The zero-order valence-electron chi connectivity index (χ0n) is 13.5. The van der Waals surface area contributed by atoms with Gasteiger partial charge in [0.15, 0.2) is 5.69 Å². The predicted molar refractivity (Wildman–Crippen MR) is 107 cm³/mol. The second-order valence-corrected chi connectivity index (χ2v) is 7.80. The molecule has 0 unspecified atom stereocenters. The zero-order valence-corrected chi connectivity index (χ0v) is 16.6. The minimum atomic E-state index is -1.10. The Bertz CT molecular complexity index is 971. The van der Waals surface area contributed by atoms with Gasteiger partial charge in [0, 0.05) is 21.3 Å². The normalized spacial score (nSPS) is 10.9. The number of thioether (sulfide) groups is 1. The molecule has 0 atom stereocenters. The van der Waals surface area contributed by atoms with Crippen LogP contribution in [0, 0.1) is 0 Å². The van der Waals surface area contributed by atoms with E-state index >= 15 is 0 Å². The molecule has 0 fully saturated rings. The second-order valence-electron chi connectivity index (χ2n) is 5.26. The Morgan fingerprint density at radius 3 is 2.35 bits per heavy atom. The Morgan fingerprint density at radius 1 is 1.12 bits per heavy atom. The molecule has 3 aromatic rings. The Labute approximate surface area is 169 Å². The summed E-state index contributed by atoms with van der Waals surface area (Å²) in [6, 6.07) is 12.1. The van der Waals surface area contributed by atoms with E-state index in [1.807, 2.05) is 19.1 Å². The average Bonchev–Trinajstić information content (AvgIpc) is 2.95. The molecule has 0 aliphatic rings. The third-order valence-corrected chi connectivity index (χ3v) is 5.31. The van der Waals surface area contributed by atoms with Gasteiger partial charge < -0.3 is 5.11 Å². The number of carbonyl (C=O) groups is 1. The molecule has 0 spiro atoms. The molecular weight excluding hydrogens is 415 g/mol. The van der Waals surface area contributed by atoms with Crippen molar-refractivity contribution in [2.45, 2.75) is 11.9 Å². The van der Waals surface area contributed by atoms with Gasteiger partial charge in [-0.25, -0.2) is 9.78 Å². The van der Waals surface area contributed by atoms with Crippen molar-refractivity contribution in [3.63, 3.8) is 0 Å². The minimum absolute atomic E-state index is 0.0205. The molecular formula is C18H13Cl3N2O2S. The lowest BCUT2D eigenvalue weighted by Crippen LogP contribution is -2.02. The largest absolute Gasteiger partial charge is 0.476 e. The molecule has 0 aliphatic heterocycles. The van der Waals surface area contributed by atoms with Gasteiger partial charge in [-0.2, -0.15) is 0 Å². The quantitative estimate of drug-likeness (QED) is 0.485. The standard InChI is InChI=1S/C18H13Cl3N2O2S/c1-2-26-17-15(18(24)25)22-16(13-8-5-11(20)9-14(13)21)23(17)12-6-3-10(19)4-7-12/h3-9H,2H2,1H3,(H,24,25). The molecule has 0 saturated heterocycles. The monoisotopic (exact) mass is 426 g/mol. The van der Waals surface area contributed by atoms with Crippen LogP contribution in [0.4, 0.5) is 0 Å². The highest BCUT2D eigenvalue weighted by molar-refractivity contribution is 7.99. The number of rotatable bonds is 5. The maximum Gasteiger partial charge on any atom is 0.357 e. The van der Waals surface area contributed by atoms with E-state index in [4.69, 9.17) is 34.8 Å². The van der Waals surface area contributed by atoms with Crippen LogP contribution in [0.15, 0.2) is 47.5 Å². The number of carboxylic acids is 1. The Hall–Kier alpha value is -1.66. The van der Waals surface area contributed by atoms with Gasteiger partial charge in [0.25, 0.3) is 0 Å². The molecule has 1 heterocycles. The molecule has 4 nitrogen and oxygen atoms in total. The van der Waals surface area contributed by atoms with Crippen LogP contribution >= 0.6 is 46.6 Å². The highest BCUT2D eigenvalue weighted by Crippen LogP contribution is 2.36. The number of imidazole rings is 1. The van der Waals surface area contributed by atoms with Crippen LogP contribution in [0.3, 0.4) is 0 Å². The molecule has 0 radical (unpaired) electrons. The highest BCUT2D eigenvalue weighted by Gasteiger charge is 2.25. The topological polar surface area (TPSA) is 55.1 Å². The molecule has 26 heavy (non-hydrogen) atoms. The summed E-state index contributed by atoms with van der Waals surface area (Å²) in [5.41, 5.74) is 1.32. The van der Waals surface area contributed by atoms with E-state index in [0.717, 1.165) is 5.69 Å². The minimum Gasteiger partial charge on any atom is -0.476 e. The van der Waals surface area contributed by atoms with Crippen LogP contribution in [0.1, 0.15) is 17.4 Å². The van der Waals surface area contributed by atoms with Crippen molar-refractivity contribution in [1.82, 2.24) is 9.55 Å². The number of hydrogen-bond donors (Lipinski definition) is 1. The van der Waals surface area contributed by atoms with Gasteiger partial charge in [-0.1, -0.05) is 41.7 Å². The molecule has 0 aliphatic carbocycles. The second kappa shape index (κ2) is 7.92. The third-order valence-electron chi connectivity index (χ3n) is 3.58. The summed E-state index contributed by atoms with van der Waals surface area (Å²) in [5.74, 6) is 0.0233. The fraction of sp³-hybridized carbons (Fsp3) is 0.111. The zero-order chi connectivity index (χ0) is 18.8. The number of nitrogens with zero attached hydrogens (tertiary/aromatic N) is 2. The molecule has 2 aromatic carbocycles. The molecule has 0 bridgehead atoms. The molecule has 3 rings (SSSR count). The Balaban J connectivity index is 2.33. The lowest BCUT2D eigenvalue weighted by atomic mass is 10.2. The molecule has 134 valence electrons. The molecule has 1 N–H and O–H groups in total. The summed E-state index contributed by atoms with van der Waals surface area (Å²) in [5, 5.41) is 11.6. The maximum atomic E-state index is 11.8. The first-order valence-electron chi connectivity index (χ1n) is 7.62. The summed E-state index contributed by atoms with van der Waals surface area (Å²) in [4.78, 5) is 16.1. The summed E-state index contributed by atoms with van der Waals surface area (Å²) < 4.78 is 1.78. The van der Waals surface area contributed by atoms with Gasteiger partial charge in [-0.3, -0.25) is 4.57 Å². The van der Waals surface area contributed by atoms with Gasteiger partial charge >= 0.3 is 5.97 Å². The van der Waals surface area contributed by atoms with E-state index < -0.39 is 5.97 Å². The van der Waals surface area contributed by atoms with Crippen molar-refractivity contribution in [2.24, 2.45) is 0 Å². The molecule has 0 amide bonds. The lowest BCUT2D eigenvalue weighted by molar-refractivity contribution is 0.0687. The number of hydrogen-bond acceptors (Lipinski definition) is 3. The van der Waals surface area contributed by atoms with Crippen LogP contribution in [0.5, 0.6) is 0 Å². The van der Waals surface area contributed by atoms with Gasteiger partial charge in [-0.15, -0.1) is 11.8 Å². The highest BCUT2D eigenvalue weighted by atomic mass is 35.5. The summed E-state index contributed by atoms with van der Waals surface area (Å²) in [7, 11) is 0. The average molecular weight is 428 g/mol. The third kappa shape index (κ3) is 3.71. The van der Waals surface area contributed by atoms with Gasteiger partial charge in [-0.05, 0) is 48.2 Å². The fourth-order valence-corrected chi connectivity index (χ4v) is 3.98. The van der Waals surface area contributed by atoms with E-state index in [9.17, 15) is 9.90 Å². The van der Waals surface area contributed by atoms with E-state index in [2.05, 4.69) is 4.98 Å². The number of benzene rings is 2. The first kappa shape index (κ1) is 19.1. The summed E-state index contributed by atoms with van der Waals surface area (Å²) in [6.45, 7) is 1.95. The lowest BCUT2D eigenvalue weighted by Gasteiger charge is -2.13. The predicted octanol–water partition coefficient (Wildman–Crippen LogP) is 6.31. The molecule has 0 saturated carbocycles. The smallest absolute Gasteiger partial charge is 0.357 e. The van der Waals surface area contributed by atoms with Crippen LogP contribution in [0.2, 0.25) is 15.1 Å². The van der Waals surface area contributed by atoms with Crippen molar-refractivity contribution >= 4 is 52.5 Å². The van der Waals surface area contributed by atoms with E-state index in [1.54, 1.807) is 34.9 Å². The number of aromatic carboxylic acids is 1. The van der Waals surface area contributed by atoms with Gasteiger partial charge in [0.05, 0.1) is 5.02 Å². The number of carboxylic acid groups (broad SMARTS) is 1. The number of halogens is 3. The van der Waals surface area contributed by atoms with Crippen molar-refractivity contribution in [1.29, 1.82) is 0 Å². The van der Waals surface area contributed by atoms with Gasteiger partial charge in [0.2, 0.25) is 0 Å². The summed E-state index contributed by atoms with van der Waals surface area (Å²) >= 11 is 19.7.